The van der Waals surface area contributed by atoms with Gasteiger partial charge in [0, 0.05) is 25.7 Å². The van der Waals surface area contributed by atoms with Crippen molar-refractivity contribution in [2.24, 2.45) is 5.73 Å². The Balaban J connectivity index is 1.98. The van der Waals surface area contributed by atoms with Crippen molar-refractivity contribution >= 4 is 0 Å². The third kappa shape index (κ3) is 3.58. The van der Waals surface area contributed by atoms with E-state index in [0.29, 0.717) is 12.6 Å². The van der Waals surface area contributed by atoms with E-state index in [4.69, 9.17) is 5.73 Å². The third-order valence-electron chi connectivity index (χ3n) is 4.37. The van der Waals surface area contributed by atoms with Crippen molar-refractivity contribution in [2.75, 3.05) is 40.3 Å². The van der Waals surface area contributed by atoms with Gasteiger partial charge in [-0.05, 0) is 39.0 Å². The van der Waals surface area contributed by atoms with Crippen molar-refractivity contribution in [2.45, 2.75) is 24.5 Å². The first kappa shape index (κ1) is 15.4. The number of likely N-dealkylation sites (tertiary alicyclic amines) is 1. The topological polar surface area (TPSA) is 52.7 Å². The van der Waals surface area contributed by atoms with E-state index in [1.54, 1.807) is 0 Å². The number of nitrogens with zero attached hydrogens (tertiary/aromatic N) is 2. The number of nitrogens with two attached hydrogens (primary N) is 1. The summed E-state index contributed by atoms with van der Waals surface area (Å²) in [6, 6.07) is 10.3. The zero-order valence-corrected chi connectivity index (χ0v) is 12.6. The highest BCUT2D eigenvalue weighted by atomic mass is 16.3. The lowest BCUT2D eigenvalue weighted by atomic mass is 9.93. The zero-order chi connectivity index (χ0) is 14.6. The molecule has 1 aromatic carbocycles. The molecule has 1 saturated heterocycles. The van der Waals surface area contributed by atoms with Crippen LogP contribution in [0.25, 0.3) is 0 Å². The molecule has 0 aromatic heterocycles. The van der Waals surface area contributed by atoms with Crippen molar-refractivity contribution in [3.05, 3.63) is 35.9 Å². The largest absolute Gasteiger partial charge is 0.382 e. The minimum atomic E-state index is -0.965. The molecule has 1 aliphatic heterocycles. The summed E-state index contributed by atoms with van der Waals surface area (Å²) >= 11 is 0. The highest BCUT2D eigenvalue weighted by Gasteiger charge is 2.31. The molecule has 1 aliphatic rings. The van der Waals surface area contributed by atoms with Gasteiger partial charge in [-0.25, -0.2) is 0 Å². The van der Waals surface area contributed by atoms with Crippen LogP contribution >= 0.6 is 0 Å². The van der Waals surface area contributed by atoms with Gasteiger partial charge in [-0.1, -0.05) is 30.3 Å². The Morgan fingerprint density at radius 1 is 1.40 bits per heavy atom. The molecule has 4 heteroatoms. The first-order valence-corrected chi connectivity index (χ1v) is 7.42. The minimum absolute atomic E-state index is 0.238. The van der Waals surface area contributed by atoms with Gasteiger partial charge < -0.3 is 20.6 Å². The summed E-state index contributed by atoms with van der Waals surface area (Å²) in [7, 11) is 4.24. The second-order valence-corrected chi connectivity index (χ2v) is 6.08. The monoisotopic (exact) mass is 277 g/mol. The average molecular weight is 277 g/mol. The number of benzene rings is 1. The molecule has 0 spiro atoms. The van der Waals surface area contributed by atoms with Gasteiger partial charge in [0.15, 0.2) is 0 Å². The molecule has 0 amide bonds. The van der Waals surface area contributed by atoms with Crippen LogP contribution in [-0.2, 0) is 5.60 Å². The van der Waals surface area contributed by atoms with Crippen molar-refractivity contribution in [1.82, 2.24) is 9.80 Å². The molecule has 1 heterocycles. The van der Waals surface area contributed by atoms with Crippen LogP contribution in [0.5, 0.6) is 0 Å². The summed E-state index contributed by atoms with van der Waals surface area (Å²) in [5.41, 5.74) is 5.77. The number of hydrogen-bond acceptors (Lipinski definition) is 4. The molecular formula is C16H27N3O. The molecule has 2 rings (SSSR count). The Morgan fingerprint density at radius 2 is 2.10 bits per heavy atom. The number of rotatable bonds is 6. The van der Waals surface area contributed by atoms with E-state index in [0.717, 1.165) is 12.1 Å². The maximum absolute atomic E-state index is 10.8. The smallest absolute Gasteiger partial charge is 0.114 e. The SMILES string of the molecule is CN(CC1CCCN1C)CC(O)(CN)c1ccccc1. The summed E-state index contributed by atoms with van der Waals surface area (Å²) in [4.78, 5) is 4.60. The molecule has 2 atom stereocenters. The molecule has 20 heavy (non-hydrogen) atoms. The zero-order valence-electron chi connectivity index (χ0n) is 12.6. The average Bonchev–Trinajstić information content (AvgIpc) is 2.85. The van der Waals surface area contributed by atoms with Crippen LogP contribution in [0, 0.1) is 0 Å². The predicted molar refractivity (Wildman–Crippen MR) is 82.5 cm³/mol. The molecule has 4 nitrogen and oxygen atoms in total. The van der Waals surface area contributed by atoms with Crippen LogP contribution in [-0.4, -0.2) is 61.2 Å². The van der Waals surface area contributed by atoms with Gasteiger partial charge in [0.1, 0.15) is 5.60 Å². The molecule has 3 N–H and O–H groups in total. The minimum Gasteiger partial charge on any atom is -0.382 e. The van der Waals surface area contributed by atoms with Gasteiger partial charge in [-0.2, -0.15) is 0 Å². The first-order valence-electron chi connectivity index (χ1n) is 7.42. The van der Waals surface area contributed by atoms with Gasteiger partial charge in [-0.15, -0.1) is 0 Å². The molecule has 1 fully saturated rings. The van der Waals surface area contributed by atoms with E-state index in [-0.39, 0.29) is 6.54 Å². The van der Waals surface area contributed by atoms with Crippen LogP contribution < -0.4 is 5.73 Å². The van der Waals surface area contributed by atoms with Gasteiger partial charge in [0.05, 0.1) is 0 Å². The molecule has 0 radical (unpaired) electrons. The fraction of sp³-hybridized carbons (Fsp3) is 0.625. The van der Waals surface area contributed by atoms with Crippen molar-refractivity contribution in [3.8, 4) is 0 Å². The molecule has 2 unspecified atom stereocenters. The summed E-state index contributed by atoms with van der Waals surface area (Å²) in [5.74, 6) is 0. The van der Waals surface area contributed by atoms with Crippen LogP contribution in [0.4, 0.5) is 0 Å². The Labute approximate surface area is 122 Å². The van der Waals surface area contributed by atoms with Gasteiger partial charge >= 0.3 is 0 Å². The van der Waals surface area contributed by atoms with Gasteiger partial charge in [0.25, 0.3) is 0 Å². The number of aliphatic hydroxyl groups is 1. The van der Waals surface area contributed by atoms with Crippen LogP contribution in [0.3, 0.4) is 0 Å². The van der Waals surface area contributed by atoms with Crippen LogP contribution in [0.1, 0.15) is 18.4 Å². The van der Waals surface area contributed by atoms with E-state index in [1.165, 1.54) is 19.4 Å². The maximum Gasteiger partial charge on any atom is 0.114 e. The van der Waals surface area contributed by atoms with E-state index < -0.39 is 5.60 Å². The van der Waals surface area contributed by atoms with Crippen LogP contribution in [0.15, 0.2) is 30.3 Å². The van der Waals surface area contributed by atoms with E-state index in [2.05, 4.69) is 23.9 Å². The van der Waals surface area contributed by atoms with Crippen molar-refractivity contribution in [3.63, 3.8) is 0 Å². The standard InChI is InChI=1S/C16H27N3O/c1-18(11-15-9-6-10-19(15)2)13-16(20,12-17)14-7-4-3-5-8-14/h3-5,7-8,15,20H,6,9-13,17H2,1-2H3. The van der Waals surface area contributed by atoms with E-state index in [1.807, 2.05) is 30.3 Å². The summed E-state index contributed by atoms with van der Waals surface area (Å²) in [6.45, 7) is 2.96. The molecule has 1 aromatic rings. The number of hydrogen-bond donors (Lipinski definition) is 2. The quantitative estimate of drug-likeness (QED) is 0.810. The first-order chi connectivity index (χ1) is 9.55. The van der Waals surface area contributed by atoms with Crippen molar-refractivity contribution < 1.29 is 5.11 Å². The van der Waals surface area contributed by atoms with E-state index in [9.17, 15) is 5.11 Å². The van der Waals surface area contributed by atoms with Crippen LogP contribution in [0.2, 0.25) is 0 Å². The summed E-state index contributed by atoms with van der Waals surface area (Å²) < 4.78 is 0. The lowest BCUT2D eigenvalue weighted by Gasteiger charge is -2.34. The fourth-order valence-corrected chi connectivity index (χ4v) is 3.10. The maximum atomic E-state index is 10.8. The highest BCUT2D eigenvalue weighted by molar-refractivity contribution is 5.23. The Kier molecular flexibility index (Phi) is 5.16. The number of likely N-dealkylation sites (N-methyl/N-ethyl adjacent to an activating group) is 2. The lowest BCUT2D eigenvalue weighted by Crippen LogP contribution is -2.47. The second-order valence-electron chi connectivity index (χ2n) is 6.08. The van der Waals surface area contributed by atoms with Gasteiger partial charge in [-0.3, -0.25) is 0 Å². The fourth-order valence-electron chi connectivity index (χ4n) is 3.10. The highest BCUT2D eigenvalue weighted by Crippen LogP contribution is 2.22. The lowest BCUT2D eigenvalue weighted by molar-refractivity contribution is 0.00941. The van der Waals surface area contributed by atoms with Crippen molar-refractivity contribution in [1.29, 1.82) is 0 Å². The Bertz CT molecular complexity index is 411. The summed E-state index contributed by atoms with van der Waals surface area (Å²) in [6.07, 6.45) is 2.52. The molecular weight excluding hydrogens is 250 g/mol. The Morgan fingerprint density at radius 3 is 2.65 bits per heavy atom. The normalized spacial score (nSPS) is 23.1. The predicted octanol–water partition coefficient (Wildman–Crippen LogP) is 0.859. The molecule has 0 bridgehead atoms. The molecule has 112 valence electrons. The second kappa shape index (κ2) is 6.68. The molecule has 0 saturated carbocycles. The van der Waals surface area contributed by atoms with Gasteiger partial charge in [0.2, 0.25) is 0 Å². The molecule has 0 aliphatic carbocycles. The summed E-state index contributed by atoms with van der Waals surface area (Å²) in [5, 5.41) is 10.8. The third-order valence-corrected chi connectivity index (χ3v) is 4.37. The van der Waals surface area contributed by atoms with E-state index >= 15 is 0 Å². The Hall–Kier alpha value is -0.940.